The van der Waals surface area contributed by atoms with Gasteiger partial charge in [-0.25, -0.2) is 4.98 Å². The maximum atomic E-state index is 6.24. The highest BCUT2D eigenvalue weighted by Crippen LogP contribution is 2.25. The lowest BCUT2D eigenvalue weighted by Crippen LogP contribution is -2.17. The average Bonchev–Trinajstić information content (AvgIpc) is 2.49. The number of fused-ring (bicyclic) bond motifs is 1. The summed E-state index contributed by atoms with van der Waals surface area (Å²) in [7, 11) is 2.09. The summed E-state index contributed by atoms with van der Waals surface area (Å²) in [6.45, 7) is 1.64. The Morgan fingerprint density at radius 1 is 1.09 bits per heavy atom. The van der Waals surface area contributed by atoms with Gasteiger partial charge in [0.05, 0.1) is 0 Å². The zero-order chi connectivity index (χ0) is 15.5. The van der Waals surface area contributed by atoms with Crippen LogP contribution in [0.25, 0.3) is 10.8 Å². The van der Waals surface area contributed by atoms with Gasteiger partial charge in [0.1, 0.15) is 5.82 Å². The number of hydrogen-bond donors (Lipinski definition) is 1. The predicted octanol–water partition coefficient (Wildman–Crippen LogP) is 4.10. The number of rotatable bonds is 4. The van der Waals surface area contributed by atoms with Crippen LogP contribution < -0.4 is 5.73 Å². The van der Waals surface area contributed by atoms with Crippen LogP contribution in [0.2, 0.25) is 5.02 Å². The lowest BCUT2D eigenvalue weighted by Gasteiger charge is -2.18. The van der Waals surface area contributed by atoms with Gasteiger partial charge in [-0.2, -0.15) is 0 Å². The topological polar surface area (TPSA) is 42.1 Å². The van der Waals surface area contributed by atoms with Crippen LogP contribution in [0.3, 0.4) is 0 Å². The monoisotopic (exact) mass is 311 g/mol. The molecule has 0 amide bonds. The van der Waals surface area contributed by atoms with Crippen LogP contribution in [0.4, 0.5) is 5.82 Å². The van der Waals surface area contributed by atoms with E-state index in [9.17, 15) is 0 Å². The van der Waals surface area contributed by atoms with Crippen molar-refractivity contribution in [2.75, 3.05) is 12.8 Å². The Morgan fingerprint density at radius 2 is 1.91 bits per heavy atom. The number of nitrogens with two attached hydrogens (primary N) is 1. The molecule has 1 aromatic heterocycles. The van der Waals surface area contributed by atoms with Crippen molar-refractivity contribution in [3.63, 3.8) is 0 Å². The lowest BCUT2D eigenvalue weighted by molar-refractivity contribution is 0.320. The Balaban J connectivity index is 1.81. The number of nitrogen functional groups attached to an aromatic ring is 1. The molecule has 0 spiro atoms. The van der Waals surface area contributed by atoms with Crippen LogP contribution in [0, 0.1) is 0 Å². The third kappa shape index (κ3) is 3.38. The summed E-state index contributed by atoms with van der Waals surface area (Å²) >= 11 is 6.24. The Labute approximate surface area is 135 Å². The molecule has 2 N–H and O–H groups in total. The quantitative estimate of drug-likeness (QED) is 0.788. The number of pyridine rings is 1. The zero-order valence-corrected chi connectivity index (χ0v) is 13.2. The Morgan fingerprint density at radius 3 is 2.68 bits per heavy atom. The standard InChI is InChI=1S/C18H18ClN3/c1-22(11-13-6-7-18(20)21-10-13)12-15-9-16(19)8-14-4-2-3-5-17(14)15/h2-10H,11-12H2,1H3,(H2,20,21). The van der Waals surface area contributed by atoms with Crippen molar-refractivity contribution in [3.05, 3.63) is 70.9 Å². The molecule has 0 aliphatic carbocycles. The molecule has 0 unspecified atom stereocenters. The van der Waals surface area contributed by atoms with Crippen LogP contribution in [0.5, 0.6) is 0 Å². The third-order valence-corrected chi connectivity index (χ3v) is 3.87. The Bertz CT molecular complexity index is 784. The van der Waals surface area contributed by atoms with E-state index in [4.69, 9.17) is 17.3 Å². The summed E-state index contributed by atoms with van der Waals surface area (Å²) in [4.78, 5) is 6.37. The second-order valence-electron chi connectivity index (χ2n) is 5.55. The van der Waals surface area contributed by atoms with Crippen molar-refractivity contribution in [3.8, 4) is 0 Å². The van der Waals surface area contributed by atoms with Gasteiger partial charge in [0.2, 0.25) is 0 Å². The first-order valence-electron chi connectivity index (χ1n) is 7.18. The molecular formula is C18H18ClN3. The maximum absolute atomic E-state index is 6.24. The molecule has 3 rings (SSSR count). The van der Waals surface area contributed by atoms with Crippen LogP contribution >= 0.6 is 11.6 Å². The summed E-state index contributed by atoms with van der Waals surface area (Å²) in [6, 6.07) is 16.2. The molecule has 2 aromatic carbocycles. The molecule has 0 aliphatic heterocycles. The second-order valence-corrected chi connectivity index (χ2v) is 5.99. The zero-order valence-electron chi connectivity index (χ0n) is 12.5. The summed E-state index contributed by atoms with van der Waals surface area (Å²) < 4.78 is 0. The van der Waals surface area contributed by atoms with Crippen LogP contribution in [-0.4, -0.2) is 16.9 Å². The summed E-state index contributed by atoms with van der Waals surface area (Å²) in [5.74, 6) is 0.548. The number of aromatic nitrogens is 1. The third-order valence-electron chi connectivity index (χ3n) is 3.65. The van der Waals surface area contributed by atoms with Crippen molar-refractivity contribution in [2.24, 2.45) is 0 Å². The van der Waals surface area contributed by atoms with E-state index < -0.39 is 0 Å². The first-order valence-corrected chi connectivity index (χ1v) is 7.56. The van der Waals surface area contributed by atoms with Crippen LogP contribution in [0.1, 0.15) is 11.1 Å². The first-order chi connectivity index (χ1) is 10.6. The molecule has 0 fully saturated rings. The number of hydrogen-bond acceptors (Lipinski definition) is 3. The molecule has 0 saturated heterocycles. The van der Waals surface area contributed by atoms with Gasteiger partial charge in [-0.1, -0.05) is 41.9 Å². The molecule has 1 heterocycles. The van der Waals surface area contributed by atoms with E-state index in [2.05, 4.69) is 35.1 Å². The van der Waals surface area contributed by atoms with Gasteiger partial charge >= 0.3 is 0 Å². The number of benzene rings is 2. The Kier molecular flexibility index (Phi) is 4.27. The van der Waals surface area contributed by atoms with Gasteiger partial charge in [-0.15, -0.1) is 0 Å². The molecule has 112 valence electrons. The van der Waals surface area contributed by atoms with Gasteiger partial charge in [0.15, 0.2) is 0 Å². The highest BCUT2D eigenvalue weighted by atomic mass is 35.5. The molecular weight excluding hydrogens is 294 g/mol. The highest BCUT2D eigenvalue weighted by Gasteiger charge is 2.07. The van der Waals surface area contributed by atoms with Gasteiger partial charge in [0.25, 0.3) is 0 Å². The van der Waals surface area contributed by atoms with Crippen LogP contribution in [-0.2, 0) is 13.1 Å². The molecule has 0 radical (unpaired) electrons. The van der Waals surface area contributed by atoms with Crippen molar-refractivity contribution in [2.45, 2.75) is 13.1 Å². The number of nitrogens with zero attached hydrogens (tertiary/aromatic N) is 2. The van der Waals surface area contributed by atoms with E-state index in [0.717, 1.165) is 23.7 Å². The minimum atomic E-state index is 0.548. The van der Waals surface area contributed by atoms with Crippen molar-refractivity contribution < 1.29 is 0 Å². The largest absolute Gasteiger partial charge is 0.384 e. The highest BCUT2D eigenvalue weighted by molar-refractivity contribution is 6.31. The van der Waals surface area contributed by atoms with Crippen molar-refractivity contribution in [1.82, 2.24) is 9.88 Å². The van der Waals surface area contributed by atoms with Gasteiger partial charge in [-0.05, 0) is 47.1 Å². The fraction of sp³-hybridized carbons (Fsp3) is 0.167. The molecule has 0 saturated carbocycles. The molecule has 3 aromatic rings. The van der Waals surface area contributed by atoms with Crippen LogP contribution in [0.15, 0.2) is 54.7 Å². The molecule has 0 aliphatic rings. The minimum absolute atomic E-state index is 0.548. The normalized spacial score (nSPS) is 11.2. The van der Waals surface area contributed by atoms with E-state index >= 15 is 0 Å². The molecule has 0 atom stereocenters. The smallest absolute Gasteiger partial charge is 0.123 e. The van der Waals surface area contributed by atoms with Crippen molar-refractivity contribution in [1.29, 1.82) is 0 Å². The van der Waals surface area contributed by atoms with Gasteiger partial charge in [0, 0.05) is 24.3 Å². The lowest BCUT2D eigenvalue weighted by atomic mass is 10.0. The number of anilines is 1. The molecule has 3 nitrogen and oxygen atoms in total. The van der Waals surface area contributed by atoms with Gasteiger partial charge in [-0.3, -0.25) is 4.90 Å². The summed E-state index contributed by atoms with van der Waals surface area (Å²) in [5, 5.41) is 3.19. The van der Waals surface area contributed by atoms with E-state index in [1.54, 1.807) is 0 Å². The fourth-order valence-corrected chi connectivity index (χ4v) is 2.92. The predicted molar refractivity (Wildman–Crippen MR) is 92.8 cm³/mol. The second kappa shape index (κ2) is 6.34. The first kappa shape index (κ1) is 14.8. The average molecular weight is 312 g/mol. The number of halogens is 1. The molecule has 4 heteroatoms. The van der Waals surface area contributed by atoms with E-state index in [1.165, 1.54) is 16.3 Å². The SMILES string of the molecule is CN(Cc1ccc(N)nc1)Cc1cc(Cl)cc2ccccc12. The van der Waals surface area contributed by atoms with E-state index in [-0.39, 0.29) is 0 Å². The van der Waals surface area contributed by atoms with Gasteiger partial charge < -0.3 is 5.73 Å². The summed E-state index contributed by atoms with van der Waals surface area (Å²) in [6.07, 6.45) is 1.82. The maximum Gasteiger partial charge on any atom is 0.123 e. The molecule has 0 bridgehead atoms. The fourth-order valence-electron chi connectivity index (χ4n) is 2.67. The minimum Gasteiger partial charge on any atom is -0.384 e. The molecule has 22 heavy (non-hydrogen) atoms. The Hall–Kier alpha value is -2.10. The summed E-state index contributed by atoms with van der Waals surface area (Å²) in [5.41, 5.74) is 7.99. The van der Waals surface area contributed by atoms with E-state index in [0.29, 0.717) is 5.82 Å². The van der Waals surface area contributed by atoms with E-state index in [1.807, 2.05) is 36.5 Å². The van der Waals surface area contributed by atoms with Crippen molar-refractivity contribution >= 4 is 28.2 Å².